The number of esters is 1. The molecule has 0 spiro atoms. The van der Waals surface area contributed by atoms with Crippen LogP contribution in [0.2, 0.25) is 0 Å². The summed E-state index contributed by atoms with van der Waals surface area (Å²) >= 11 is 0. The summed E-state index contributed by atoms with van der Waals surface area (Å²) in [6, 6.07) is 16.5. The van der Waals surface area contributed by atoms with Gasteiger partial charge in [0.2, 0.25) is 0 Å². The van der Waals surface area contributed by atoms with Crippen LogP contribution in [0.3, 0.4) is 0 Å². The fourth-order valence-electron chi connectivity index (χ4n) is 4.96. The number of aliphatic hydroxyl groups excluding tert-OH is 1. The van der Waals surface area contributed by atoms with Crippen molar-refractivity contribution in [1.29, 1.82) is 0 Å². The Morgan fingerprint density at radius 3 is 2.15 bits per heavy atom. The Labute approximate surface area is 233 Å². The van der Waals surface area contributed by atoms with Crippen LogP contribution in [-0.2, 0) is 20.9 Å². The number of ketones is 1. The number of likely N-dealkylation sites (tertiary alicyclic amines) is 1. The van der Waals surface area contributed by atoms with Crippen molar-refractivity contribution in [3.8, 4) is 11.5 Å². The fourth-order valence-corrected chi connectivity index (χ4v) is 4.96. The number of aryl methyl sites for hydroxylation is 1. The quantitative estimate of drug-likeness (QED) is 0.172. The zero-order valence-corrected chi connectivity index (χ0v) is 23.5. The first-order valence-corrected chi connectivity index (χ1v) is 12.9. The highest BCUT2D eigenvalue weighted by Gasteiger charge is 2.46. The predicted molar refractivity (Wildman–Crippen MR) is 150 cm³/mol. The minimum Gasteiger partial charge on any atom is -0.507 e. The molecule has 1 aliphatic heterocycles. The van der Waals surface area contributed by atoms with E-state index in [-0.39, 0.29) is 23.8 Å². The molecule has 4 rings (SSSR count). The number of nitrogens with zero attached hydrogens (tertiary/aromatic N) is 1. The molecule has 1 heterocycles. The van der Waals surface area contributed by atoms with Crippen LogP contribution in [0.1, 0.15) is 64.0 Å². The number of carbonyl (C=O) groups is 3. The maximum absolute atomic E-state index is 13.5. The van der Waals surface area contributed by atoms with Gasteiger partial charge >= 0.3 is 5.97 Å². The Bertz CT molecular complexity index is 1470. The third-order valence-corrected chi connectivity index (χ3v) is 7.15. The van der Waals surface area contributed by atoms with Gasteiger partial charge in [-0.25, -0.2) is 4.79 Å². The highest BCUT2D eigenvalue weighted by Crippen LogP contribution is 2.42. The number of methoxy groups -OCH3 is 3. The molecule has 0 aliphatic carbocycles. The van der Waals surface area contributed by atoms with Gasteiger partial charge in [-0.15, -0.1) is 0 Å². The second kappa shape index (κ2) is 11.7. The SMILES string of the molecule is COC(=O)c1ccc(CN2C(=O)C(=O)/C(=C(/O)c3cc(C(C)C)c(OC)cc3C)C2c2ccc(OC)cc2)cc1. The topological polar surface area (TPSA) is 102 Å². The van der Waals surface area contributed by atoms with E-state index in [9.17, 15) is 19.5 Å². The molecule has 0 radical (unpaired) electrons. The van der Waals surface area contributed by atoms with Crippen molar-refractivity contribution in [3.63, 3.8) is 0 Å². The zero-order chi connectivity index (χ0) is 29.1. The molecule has 208 valence electrons. The molecular formula is C32H33NO7. The van der Waals surface area contributed by atoms with Gasteiger partial charge in [0.05, 0.1) is 38.5 Å². The van der Waals surface area contributed by atoms with Crippen LogP contribution >= 0.6 is 0 Å². The molecule has 0 saturated carbocycles. The van der Waals surface area contributed by atoms with E-state index in [2.05, 4.69) is 0 Å². The Morgan fingerprint density at radius 1 is 0.950 bits per heavy atom. The van der Waals surface area contributed by atoms with Crippen LogP contribution in [0.15, 0.2) is 66.2 Å². The zero-order valence-electron chi connectivity index (χ0n) is 23.5. The van der Waals surface area contributed by atoms with Crippen LogP contribution in [0.5, 0.6) is 11.5 Å². The van der Waals surface area contributed by atoms with Gasteiger partial charge in [-0.1, -0.05) is 38.1 Å². The Hall–Kier alpha value is -4.59. The molecule has 3 aromatic carbocycles. The number of ether oxygens (including phenoxy) is 3. The van der Waals surface area contributed by atoms with E-state index in [0.717, 1.165) is 5.56 Å². The van der Waals surface area contributed by atoms with E-state index < -0.39 is 23.7 Å². The van der Waals surface area contributed by atoms with Crippen LogP contribution < -0.4 is 9.47 Å². The Morgan fingerprint density at radius 2 is 1.60 bits per heavy atom. The lowest BCUT2D eigenvalue weighted by atomic mass is 9.91. The first kappa shape index (κ1) is 28.4. The molecule has 1 saturated heterocycles. The first-order valence-electron chi connectivity index (χ1n) is 12.9. The van der Waals surface area contributed by atoms with Gasteiger partial charge in [0.1, 0.15) is 17.3 Å². The number of Topliss-reactive ketones (excluding diaryl/α,β-unsaturated/α-hetero) is 1. The number of rotatable bonds is 8. The summed E-state index contributed by atoms with van der Waals surface area (Å²) in [4.78, 5) is 40.3. The maximum Gasteiger partial charge on any atom is 0.337 e. The number of aliphatic hydroxyl groups is 1. The van der Waals surface area contributed by atoms with Gasteiger partial charge in [0, 0.05) is 12.1 Å². The third-order valence-electron chi connectivity index (χ3n) is 7.15. The minimum atomic E-state index is -0.852. The normalized spacial score (nSPS) is 16.4. The van der Waals surface area contributed by atoms with Gasteiger partial charge in [0.15, 0.2) is 0 Å². The second-order valence-corrected chi connectivity index (χ2v) is 9.95. The molecule has 1 fully saturated rings. The monoisotopic (exact) mass is 543 g/mol. The molecule has 1 unspecified atom stereocenters. The van der Waals surface area contributed by atoms with Crippen LogP contribution in [0.25, 0.3) is 5.76 Å². The van der Waals surface area contributed by atoms with Gasteiger partial charge in [-0.3, -0.25) is 9.59 Å². The Balaban J connectivity index is 1.86. The number of hydrogen-bond donors (Lipinski definition) is 1. The minimum absolute atomic E-state index is 0.00400. The van der Waals surface area contributed by atoms with Crippen LogP contribution in [0.4, 0.5) is 0 Å². The predicted octanol–water partition coefficient (Wildman–Crippen LogP) is 5.54. The highest BCUT2D eigenvalue weighted by atomic mass is 16.5. The fraction of sp³-hybridized carbons (Fsp3) is 0.281. The summed E-state index contributed by atoms with van der Waals surface area (Å²) in [5.41, 5.74) is 3.76. The first-order chi connectivity index (χ1) is 19.1. The standard InChI is InChI=1S/C32H33NO7/c1-18(2)24-16-25(19(3)15-26(24)39-5)29(34)27-28(21-11-13-23(38-4)14-12-21)33(31(36)30(27)35)17-20-7-9-22(10-8-20)32(37)40-6/h7-16,18,28,34H,17H2,1-6H3/b29-27+. The van der Waals surface area contributed by atoms with Crippen molar-refractivity contribution in [1.82, 2.24) is 4.90 Å². The molecule has 1 atom stereocenters. The van der Waals surface area contributed by atoms with Gasteiger partial charge < -0.3 is 24.2 Å². The Kier molecular flexibility index (Phi) is 8.28. The van der Waals surface area contributed by atoms with Crippen molar-refractivity contribution in [2.24, 2.45) is 0 Å². The lowest BCUT2D eigenvalue weighted by molar-refractivity contribution is -0.140. The van der Waals surface area contributed by atoms with Gasteiger partial charge in [0.25, 0.3) is 11.7 Å². The summed E-state index contributed by atoms with van der Waals surface area (Å²) in [6.45, 7) is 5.93. The third kappa shape index (κ3) is 5.30. The van der Waals surface area contributed by atoms with Crippen molar-refractivity contribution in [2.45, 2.75) is 39.3 Å². The van der Waals surface area contributed by atoms with Crippen molar-refractivity contribution >= 4 is 23.4 Å². The van der Waals surface area contributed by atoms with E-state index >= 15 is 0 Å². The van der Waals surface area contributed by atoms with Crippen molar-refractivity contribution in [3.05, 3.63) is 99.6 Å². The van der Waals surface area contributed by atoms with E-state index in [1.807, 2.05) is 32.9 Å². The summed E-state index contributed by atoms with van der Waals surface area (Å²) in [6.07, 6.45) is 0. The van der Waals surface area contributed by atoms with Gasteiger partial charge in [-0.2, -0.15) is 0 Å². The second-order valence-electron chi connectivity index (χ2n) is 9.95. The van der Waals surface area contributed by atoms with Gasteiger partial charge in [-0.05, 0) is 71.5 Å². The maximum atomic E-state index is 13.5. The number of amides is 1. The molecule has 40 heavy (non-hydrogen) atoms. The van der Waals surface area contributed by atoms with E-state index in [0.29, 0.717) is 39.3 Å². The molecular weight excluding hydrogens is 510 g/mol. The summed E-state index contributed by atoms with van der Waals surface area (Å²) < 4.78 is 15.6. The lowest BCUT2D eigenvalue weighted by Gasteiger charge is -2.26. The molecule has 0 aromatic heterocycles. The molecule has 1 aliphatic rings. The molecule has 8 heteroatoms. The van der Waals surface area contributed by atoms with E-state index in [1.54, 1.807) is 62.8 Å². The molecule has 8 nitrogen and oxygen atoms in total. The van der Waals surface area contributed by atoms with E-state index in [1.165, 1.54) is 12.0 Å². The number of carbonyl (C=O) groups excluding carboxylic acids is 3. The van der Waals surface area contributed by atoms with Crippen LogP contribution in [0, 0.1) is 6.92 Å². The average molecular weight is 544 g/mol. The smallest absolute Gasteiger partial charge is 0.337 e. The van der Waals surface area contributed by atoms with Crippen LogP contribution in [-0.4, -0.2) is 49.0 Å². The molecule has 1 amide bonds. The molecule has 0 bridgehead atoms. The van der Waals surface area contributed by atoms with Crippen molar-refractivity contribution in [2.75, 3.05) is 21.3 Å². The van der Waals surface area contributed by atoms with E-state index in [4.69, 9.17) is 14.2 Å². The summed E-state index contributed by atoms with van der Waals surface area (Å²) in [5, 5.41) is 11.7. The van der Waals surface area contributed by atoms with Crippen molar-refractivity contribution < 1.29 is 33.7 Å². The number of benzene rings is 3. The number of hydrogen-bond acceptors (Lipinski definition) is 7. The lowest BCUT2D eigenvalue weighted by Crippen LogP contribution is -2.29. The largest absolute Gasteiger partial charge is 0.507 e. The molecule has 1 N–H and O–H groups in total. The average Bonchev–Trinajstić information content (AvgIpc) is 3.21. The summed E-state index contributed by atoms with van der Waals surface area (Å²) in [7, 11) is 4.45. The summed E-state index contributed by atoms with van der Waals surface area (Å²) in [5.74, 6) is -0.820. The highest BCUT2D eigenvalue weighted by molar-refractivity contribution is 6.46. The molecule has 3 aromatic rings.